The van der Waals surface area contributed by atoms with Gasteiger partial charge in [-0.3, -0.25) is 23.7 Å². The number of esters is 1. The topological polar surface area (TPSA) is 115 Å². The molecular weight excluding hydrogens is 662 g/mol. The SMILES string of the molecule is CCOC(=O)c1ccc(N2C(=O)[C@@H]3[C@H](c4ccc(F)cc4)c4sc(=O)n(CC(=O)Nc5cccc(C(F)(F)F)c5)c4S[C@@H]3C2=O)cc1. The van der Waals surface area contributed by atoms with Crippen LogP contribution in [-0.4, -0.2) is 40.1 Å². The summed E-state index contributed by atoms with van der Waals surface area (Å²) in [6, 6.07) is 15.1. The Bertz CT molecular complexity index is 1960. The van der Waals surface area contributed by atoms with Crippen molar-refractivity contribution in [1.29, 1.82) is 0 Å². The van der Waals surface area contributed by atoms with Crippen molar-refractivity contribution >= 4 is 58.2 Å². The largest absolute Gasteiger partial charge is 0.462 e. The Balaban J connectivity index is 1.35. The predicted molar refractivity (Wildman–Crippen MR) is 165 cm³/mol. The van der Waals surface area contributed by atoms with E-state index in [4.69, 9.17) is 4.74 Å². The Morgan fingerprint density at radius 1 is 0.957 bits per heavy atom. The maximum Gasteiger partial charge on any atom is 0.416 e. The number of halogens is 4. The number of imide groups is 1. The highest BCUT2D eigenvalue weighted by Gasteiger charge is 2.56. The average molecular weight is 686 g/mol. The minimum atomic E-state index is -4.63. The van der Waals surface area contributed by atoms with Gasteiger partial charge in [-0.1, -0.05) is 41.3 Å². The van der Waals surface area contributed by atoms with E-state index in [0.717, 1.165) is 50.8 Å². The molecule has 3 amide bonds. The summed E-state index contributed by atoms with van der Waals surface area (Å²) in [6.07, 6.45) is -4.63. The van der Waals surface area contributed by atoms with E-state index in [9.17, 15) is 41.5 Å². The second-order valence-electron chi connectivity index (χ2n) is 10.6. The predicted octanol–water partition coefficient (Wildman–Crippen LogP) is 5.68. The molecule has 15 heteroatoms. The molecule has 0 radical (unpaired) electrons. The van der Waals surface area contributed by atoms with Crippen molar-refractivity contribution in [3.8, 4) is 0 Å². The molecule has 47 heavy (non-hydrogen) atoms. The molecule has 3 aromatic carbocycles. The molecule has 9 nitrogen and oxygen atoms in total. The number of fused-ring (bicyclic) bond motifs is 2. The number of carbonyl (C=O) groups excluding carboxylic acids is 4. The van der Waals surface area contributed by atoms with Crippen LogP contribution in [-0.2, 0) is 31.8 Å². The smallest absolute Gasteiger partial charge is 0.416 e. The first-order valence-electron chi connectivity index (χ1n) is 14.1. The average Bonchev–Trinajstić information content (AvgIpc) is 3.47. The molecule has 2 aliphatic heterocycles. The van der Waals surface area contributed by atoms with E-state index in [1.165, 1.54) is 54.6 Å². The normalized spacial score (nSPS) is 18.9. The maximum atomic E-state index is 14.0. The Hall–Kier alpha value is -4.76. The van der Waals surface area contributed by atoms with Gasteiger partial charge < -0.3 is 10.1 Å². The molecule has 1 saturated heterocycles. The van der Waals surface area contributed by atoms with Crippen LogP contribution in [0.3, 0.4) is 0 Å². The van der Waals surface area contributed by atoms with Gasteiger partial charge in [0.05, 0.1) is 34.4 Å². The van der Waals surface area contributed by atoms with E-state index in [1.807, 2.05) is 0 Å². The molecule has 0 saturated carbocycles. The molecule has 1 N–H and O–H groups in total. The lowest BCUT2D eigenvalue weighted by Crippen LogP contribution is -2.33. The highest BCUT2D eigenvalue weighted by Crippen LogP contribution is 2.54. The van der Waals surface area contributed by atoms with E-state index in [2.05, 4.69) is 5.32 Å². The number of benzene rings is 3. The van der Waals surface area contributed by atoms with E-state index < -0.39 is 69.8 Å². The summed E-state index contributed by atoms with van der Waals surface area (Å²) in [7, 11) is 0. The number of nitrogens with one attached hydrogen (secondary N) is 1. The van der Waals surface area contributed by atoms with E-state index in [-0.39, 0.29) is 28.6 Å². The summed E-state index contributed by atoms with van der Waals surface area (Å²) in [5.74, 6) is -4.91. The number of aromatic nitrogens is 1. The fraction of sp³-hybridized carbons (Fsp3) is 0.219. The molecule has 1 aromatic heterocycles. The van der Waals surface area contributed by atoms with Crippen LogP contribution < -0.4 is 15.1 Å². The van der Waals surface area contributed by atoms with Gasteiger partial charge in [0.1, 0.15) is 17.6 Å². The summed E-state index contributed by atoms with van der Waals surface area (Å²) in [6.45, 7) is 1.24. The molecule has 0 bridgehead atoms. The Kier molecular flexibility index (Phi) is 8.53. The van der Waals surface area contributed by atoms with Gasteiger partial charge in [-0.2, -0.15) is 13.2 Å². The van der Waals surface area contributed by atoms with Crippen LogP contribution in [0.15, 0.2) is 82.6 Å². The molecule has 0 unspecified atom stereocenters. The van der Waals surface area contributed by atoms with Gasteiger partial charge in [-0.15, -0.1) is 0 Å². The summed E-state index contributed by atoms with van der Waals surface area (Å²) < 4.78 is 59.6. The molecule has 0 aliphatic carbocycles. The Labute approximate surface area is 272 Å². The van der Waals surface area contributed by atoms with Crippen molar-refractivity contribution in [2.24, 2.45) is 5.92 Å². The summed E-state index contributed by atoms with van der Waals surface area (Å²) in [4.78, 5) is 67.1. The number of rotatable bonds is 7. The second-order valence-corrected chi connectivity index (χ2v) is 12.7. The summed E-state index contributed by atoms with van der Waals surface area (Å²) in [5, 5.41) is 1.59. The van der Waals surface area contributed by atoms with Crippen LogP contribution in [0.2, 0.25) is 0 Å². The third kappa shape index (κ3) is 6.07. The van der Waals surface area contributed by atoms with Crippen LogP contribution in [0.1, 0.15) is 39.2 Å². The molecule has 0 spiro atoms. The number of alkyl halides is 3. The van der Waals surface area contributed by atoms with Gasteiger partial charge >= 0.3 is 17.0 Å². The Morgan fingerprint density at radius 3 is 2.32 bits per heavy atom. The highest BCUT2D eigenvalue weighted by molar-refractivity contribution is 8.00. The number of hydrogen-bond donors (Lipinski definition) is 1. The maximum absolute atomic E-state index is 14.0. The zero-order chi connectivity index (χ0) is 33.6. The van der Waals surface area contributed by atoms with Gasteiger partial charge in [-0.25, -0.2) is 14.1 Å². The van der Waals surface area contributed by atoms with Crippen LogP contribution in [0, 0.1) is 11.7 Å². The molecule has 3 heterocycles. The van der Waals surface area contributed by atoms with Crippen molar-refractivity contribution in [2.45, 2.75) is 35.8 Å². The van der Waals surface area contributed by atoms with E-state index >= 15 is 0 Å². The standard InChI is InChI=1S/C32H23F4N3O6S2/c1-2-45-30(43)17-8-12-21(13-9-17)39-27(41)24-23(16-6-10-19(33)11-7-16)26-29(46-25(24)28(39)42)38(31(44)47-26)15-22(40)37-20-5-3-4-18(14-20)32(34,35)36/h3-14,23-25H,2,15H2,1H3,(H,37,40)/t23-,24+,25-/m0/s1. The zero-order valence-electron chi connectivity index (χ0n) is 24.2. The minimum Gasteiger partial charge on any atom is -0.462 e. The quantitative estimate of drug-likeness (QED) is 0.151. The second kappa shape index (κ2) is 12.4. The number of amides is 3. The first-order valence-corrected chi connectivity index (χ1v) is 15.8. The van der Waals surface area contributed by atoms with Crippen molar-refractivity contribution in [3.63, 3.8) is 0 Å². The van der Waals surface area contributed by atoms with Gasteiger partial charge in [0, 0.05) is 16.5 Å². The minimum absolute atomic E-state index is 0.125. The lowest BCUT2D eigenvalue weighted by molar-refractivity contribution is -0.137. The lowest BCUT2D eigenvalue weighted by Gasteiger charge is -2.30. The fourth-order valence-corrected chi connectivity index (χ4v) is 8.39. The van der Waals surface area contributed by atoms with Crippen LogP contribution >= 0.6 is 23.1 Å². The monoisotopic (exact) mass is 685 g/mol. The third-order valence-electron chi connectivity index (χ3n) is 7.69. The van der Waals surface area contributed by atoms with E-state index in [0.29, 0.717) is 10.4 Å². The number of ether oxygens (including phenoxy) is 1. The zero-order valence-corrected chi connectivity index (χ0v) is 25.9. The number of thiazole rings is 1. The van der Waals surface area contributed by atoms with Crippen molar-refractivity contribution in [2.75, 3.05) is 16.8 Å². The van der Waals surface area contributed by atoms with Crippen LogP contribution in [0.25, 0.3) is 0 Å². The van der Waals surface area contributed by atoms with Gasteiger partial charge in [0.2, 0.25) is 17.7 Å². The van der Waals surface area contributed by atoms with Crippen LogP contribution in [0.4, 0.5) is 28.9 Å². The van der Waals surface area contributed by atoms with Gasteiger partial charge in [0.15, 0.2) is 0 Å². The molecule has 1 fully saturated rings. The highest BCUT2D eigenvalue weighted by atomic mass is 32.2. The van der Waals surface area contributed by atoms with Crippen molar-refractivity contribution < 1.29 is 41.5 Å². The number of hydrogen-bond acceptors (Lipinski definition) is 8. The fourth-order valence-electron chi connectivity index (χ4n) is 5.62. The summed E-state index contributed by atoms with van der Waals surface area (Å²) >= 11 is 1.71. The molecule has 2 aliphatic rings. The number of thioether (sulfide) groups is 1. The molecule has 4 aromatic rings. The van der Waals surface area contributed by atoms with Crippen molar-refractivity contribution in [3.05, 3.63) is 110 Å². The Morgan fingerprint density at radius 2 is 1.66 bits per heavy atom. The molecule has 6 rings (SSSR count). The lowest BCUT2D eigenvalue weighted by atomic mass is 9.83. The molecule has 242 valence electrons. The number of anilines is 2. The molecular formula is C32H23F4N3O6S2. The third-order valence-corrected chi connectivity index (χ3v) is 10.3. The first-order chi connectivity index (χ1) is 22.4. The van der Waals surface area contributed by atoms with E-state index in [1.54, 1.807) is 6.92 Å². The van der Waals surface area contributed by atoms with Gasteiger partial charge in [0.25, 0.3) is 0 Å². The van der Waals surface area contributed by atoms with Crippen molar-refractivity contribution in [1.82, 2.24) is 4.57 Å². The van der Waals surface area contributed by atoms with Gasteiger partial charge in [-0.05, 0) is 67.1 Å². The van der Waals surface area contributed by atoms with Crippen LogP contribution in [0.5, 0.6) is 0 Å². The first kappa shape index (κ1) is 32.2. The number of nitrogens with zero attached hydrogens (tertiary/aromatic N) is 2. The summed E-state index contributed by atoms with van der Waals surface area (Å²) in [5.41, 5.74) is -0.193. The number of carbonyl (C=O) groups is 4. The molecule has 3 atom stereocenters.